The molecule has 0 aliphatic carbocycles. The number of aryl methyl sites for hydroxylation is 1. The molecule has 0 aliphatic rings. The van der Waals surface area contributed by atoms with Gasteiger partial charge in [0.05, 0.1) is 6.04 Å². The van der Waals surface area contributed by atoms with E-state index < -0.39 is 18.0 Å². The number of nitrogens with one attached hydrogen (secondary N) is 2. The van der Waals surface area contributed by atoms with Crippen molar-refractivity contribution >= 4 is 23.8 Å². The van der Waals surface area contributed by atoms with Gasteiger partial charge in [0.15, 0.2) is 0 Å². The highest BCUT2D eigenvalue weighted by Gasteiger charge is 2.20. The minimum atomic E-state index is -1.01. The second kappa shape index (κ2) is 8.56. The van der Waals surface area contributed by atoms with Gasteiger partial charge in [0.2, 0.25) is 0 Å². The number of amides is 2. The Balaban J connectivity index is 2.54. The molecule has 6 heteroatoms. The van der Waals surface area contributed by atoms with Gasteiger partial charge < -0.3 is 15.7 Å². The second-order valence-electron chi connectivity index (χ2n) is 4.92. The Kier molecular flexibility index (Phi) is 7.08. The molecule has 0 aliphatic heterocycles. The number of benzene rings is 1. The third-order valence-corrected chi connectivity index (χ3v) is 3.78. The van der Waals surface area contributed by atoms with Crippen LogP contribution in [0.3, 0.4) is 0 Å². The molecule has 1 rings (SSSR count). The number of carbonyl (C=O) groups excluding carboxylic acids is 1. The fourth-order valence-electron chi connectivity index (χ4n) is 1.83. The number of carboxylic acids is 1. The number of thioether (sulfide) groups is 1. The van der Waals surface area contributed by atoms with Gasteiger partial charge >= 0.3 is 12.0 Å². The summed E-state index contributed by atoms with van der Waals surface area (Å²) < 4.78 is 0. The van der Waals surface area contributed by atoms with Crippen LogP contribution in [0.1, 0.15) is 30.5 Å². The highest BCUT2D eigenvalue weighted by Crippen LogP contribution is 2.12. The van der Waals surface area contributed by atoms with Gasteiger partial charge in [-0.1, -0.05) is 29.8 Å². The number of carboxylic acid groups (broad SMARTS) is 1. The lowest BCUT2D eigenvalue weighted by atomic mass is 10.1. The second-order valence-corrected chi connectivity index (χ2v) is 5.91. The first-order valence-electron chi connectivity index (χ1n) is 6.79. The number of carbonyl (C=O) groups is 2. The maximum atomic E-state index is 11.9. The molecule has 5 nitrogen and oxygen atoms in total. The summed E-state index contributed by atoms with van der Waals surface area (Å²) in [7, 11) is 0. The van der Waals surface area contributed by atoms with Crippen molar-refractivity contribution in [2.45, 2.75) is 32.4 Å². The third kappa shape index (κ3) is 6.08. The number of hydrogen-bond acceptors (Lipinski definition) is 3. The summed E-state index contributed by atoms with van der Waals surface area (Å²) in [5.41, 5.74) is 2.13. The lowest BCUT2D eigenvalue weighted by molar-refractivity contribution is -0.139. The molecular weight excluding hydrogens is 288 g/mol. The Morgan fingerprint density at radius 3 is 2.38 bits per heavy atom. The molecule has 116 valence electrons. The van der Waals surface area contributed by atoms with Crippen molar-refractivity contribution < 1.29 is 14.7 Å². The Bertz CT molecular complexity index is 476. The maximum absolute atomic E-state index is 11.9. The zero-order chi connectivity index (χ0) is 15.8. The third-order valence-electron chi connectivity index (χ3n) is 3.14. The lowest BCUT2D eigenvalue weighted by Crippen LogP contribution is -2.46. The molecule has 2 atom stereocenters. The molecule has 0 heterocycles. The van der Waals surface area contributed by atoms with E-state index in [0.717, 1.165) is 11.1 Å². The van der Waals surface area contributed by atoms with E-state index in [4.69, 9.17) is 5.11 Å². The number of aliphatic carboxylic acids is 1. The maximum Gasteiger partial charge on any atom is 0.326 e. The molecular formula is C15H22N2O3S. The molecule has 0 fully saturated rings. The average molecular weight is 310 g/mol. The van der Waals surface area contributed by atoms with E-state index in [0.29, 0.717) is 12.2 Å². The van der Waals surface area contributed by atoms with Gasteiger partial charge in [-0.05, 0) is 37.8 Å². The fourth-order valence-corrected chi connectivity index (χ4v) is 2.30. The monoisotopic (exact) mass is 310 g/mol. The first-order chi connectivity index (χ1) is 9.93. The lowest BCUT2D eigenvalue weighted by Gasteiger charge is -2.18. The zero-order valence-corrected chi connectivity index (χ0v) is 13.4. The van der Waals surface area contributed by atoms with Crippen LogP contribution >= 0.6 is 11.8 Å². The topological polar surface area (TPSA) is 78.4 Å². The number of rotatable bonds is 7. The van der Waals surface area contributed by atoms with Gasteiger partial charge in [-0.3, -0.25) is 0 Å². The summed E-state index contributed by atoms with van der Waals surface area (Å²) >= 11 is 1.55. The van der Waals surface area contributed by atoms with Crippen LogP contribution in [-0.2, 0) is 4.79 Å². The summed E-state index contributed by atoms with van der Waals surface area (Å²) in [5, 5.41) is 14.3. The normalized spacial score (nSPS) is 13.3. The molecule has 0 aromatic heterocycles. The van der Waals surface area contributed by atoms with Crippen molar-refractivity contribution in [3.05, 3.63) is 35.4 Å². The van der Waals surface area contributed by atoms with Crippen molar-refractivity contribution in [3.63, 3.8) is 0 Å². The first-order valence-corrected chi connectivity index (χ1v) is 8.18. The highest BCUT2D eigenvalue weighted by molar-refractivity contribution is 7.98. The van der Waals surface area contributed by atoms with Crippen LogP contribution in [0, 0.1) is 6.92 Å². The van der Waals surface area contributed by atoms with E-state index in [2.05, 4.69) is 10.6 Å². The molecule has 0 saturated heterocycles. The Morgan fingerprint density at radius 2 is 1.86 bits per heavy atom. The minimum absolute atomic E-state index is 0.180. The zero-order valence-electron chi connectivity index (χ0n) is 12.6. The van der Waals surface area contributed by atoms with E-state index in [-0.39, 0.29) is 6.04 Å². The van der Waals surface area contributed by atoms with Gasteiger partial charge in [0.25, 0.3) is 0 Å². The van der Waals surface area contributed by atoms with Crippen molar-refractivity contribution in [1.29, 1.82) is 0 Å². The van der Waals surface area contributed by atoms with E-state index >= 15 is 0 Å². The largest absolute Gasteiger partial charge is 0.480 e. The van der Waals surface area contributed by atoms with Crippen LogP contribution in [-0.4, -0.2) is 35.2 Å². The van der Waals surface area contributed by atoms with Crippen molar-refractivity contribution in [2.24, 2.45) is 0 Å². The Labute approximate surface area is 129 Å². The van der Waals surface area contributed by atoms with E-state index in [1.165, 1.54) is 0 Å². The SMILES string of the molecule is CSCC[C@H](NC(=O)NC(C)c1ccc(C)cc1)C(=O)O. The van der Waals surface area contributed by atoms with Crippen LogP contribution < -0.4 is 10.6 Å². The molecule has 21 heavy (non-hydrogen) atoms. The van der Waals surface area contributed by atoms with Crippen LogP contribution in [0.25, 0.3) is 0 Å². The predicted octanol–water partition coefficient (Wildman–Crippen LogP) is 2.56. The Morgan fingerprint density at radius 1 is 1.24 bits per heavy atom. The summed E-state index contributed by atoms with van der Waals surface area (Å²) in [5.74, 6) is -0.327. The quantitative estimate of drug-likeness (QED) is 0.723. The fraction of sp³-hybridized carbons (Fsp3) is 0.467. The predicted molar refractivity (Wildman–Crippen MR) is 85.7 cm³/mol. The van der Waals surface area contributed by atoms with Crippen molar-refractivity contribution in [3.8, 4) is 0 Å². The molecule has 1 unspecified atom stereocenters. The van der Waals surface area contributed by atoms with E-state index in [1.807, 2.05) is 44.4 Å². The number of urea groups is 1. The summed E-state index contributed by atoms with van der Waals surface area (Å²) in [4.78, 5) is 23.0. The van der Waals surface area contributed by atoms with Crippen molar-refractivity contribution in [2.75, 3.05) is 12.0 Å². The smallest absolute Gasteiger partial charge is 0.326 e. The van der Waals surface area contributed by atoms with E-state index in [9.17, 15) is 9.59 Å². The summed E-state index contributed by atoms with van der Waals surface area (Å²) in [6, 6.07) is 6.35. The minimum Gasteiger partial charge on any atom is -0.480 e. The van der Waals surface area contributed by atoms with Gasteiger partial charge in [0, 0.05) is 0 Å². The molecule has 2 amide bonds. The standard InChI is InChI=1S/C15H22N2O3S/c1-10-4-6-12(7-5-10)11(2)16-15(20)17-13(14(18)19)8-9-21-3/h4-7,11,13H,8-9H2,1-3H3,(H,18,19)(H2,16,17,20)/t11?,13-/m0/s1. The van der Waals surface area contributed by atoms with Crippen LogP contribution in [0.4, 0.5) is 4.79 Å². The molecule has 3 N–H and O–H groups in total. The molecule has 0 saturated carbocycles. The van der Waals surface area contributed by atoms with Crippen LogP contribution in [0.5, 0.6) is 0 Å². The number of hydrogen-bond donors (Lipinski definition) is 3. The molecule has 0 bridgehead atoms. The van der Waals surface area contributed by atoms with Crippen LogP contribution in [0.15, 0.2) is 24.3 Å². The van der Waals surface area contributed by atoms with Crippen molar-refractivity contribution in [1.82, 2.24) is 10.6 Å². The molecule has 1 aromatic rings. The van der Waals surface area contributed by atoms with Gasteiger partial charge in [-0.25, -0.2) is 9.59 Å². The molecule has 0 radical (unpaired) electrons. The van der Waals surface area contributed by atoms with Crippen LogP contribution in [0.2, 0.25) is 0 Å². The summed E-state index contributed by atoms with van der Waals surface area (Å²) in [6.45, 7) is 3.86. The van der Waals surface area contributed by atoms with E-state index in [1.54, 1.807) is 11.8 Å². The van der Waals surface area contributed by atoms with Gasteiger partial charge in [-0.2, -0.15) is 11.8 Å². The summed E-state index contributed by atoms with van der Waals surface area (Å²) in [6.07, 6.45) is 2.31. The average Bonchev–Trinajstić information content (AvgIpc) is 2.43. The molecule has 0 spiro atoms. The first kappa shape index (κ1) is 17.4. The van der Waals surface area contributed by atoms with Gasteiger partial charge in [0.1, 0.15) is 6.04 Å². The molecule has 1 aromatic carbocycles. The Hall–Kier alpha value is -1.69. The van der Waals surface area contributed by atoms with Gasteiger partial charge in [-0.15, -0.1) is 0 Å². The highest BCUT2D eigenvalue weighted by atomic mass is 32.2.